The van der Waals surface area contributed by atoms with Crippen LogP contribution in [0.3, 0.4) is 0 Å². The standard InChI is InChI=1S/C21H19ClN4O2/c22-16-5-3-4-14(12-16)13-26-19-7-2-1-6-18(19)24-21(26)23-17-10-8-15(9-11-17)20(27)25-28/h1-10,12,17,28H,11,13H2,(H,23,24)(H,25,27). The molecule has 0 spiro atoms. The van der Waals surface area contributed by atoms with Crippen molar-refractivity contribution in [2.24, 2.45) is 0 Å². The average molecular weight is 395 g/mol. The van der Waals surface area contributed by atoms with Crippen LogP contribution in [-0.2, 0) is 11.3 Å². The zero-order valence-electron chi connectivity index (χ0n) is 15.0. The molecule has 4 rings (SSSR count). The highest BCUT2D eigenvalue weighted by Gasteiger charge is 2.17. The monoisotopic (exact) mass is 394 g/mol. The summed E-state index contributed by atoms with van der Waals surface area (Å²) in [6.45, 7) is 0.633. The van der Waals surface area contributed by atoms with Gasteiger partial charge < -0.3 is 9.88 Å². The van der Waals surface area contributed by atoms with Gasteiger partial charge in [0.1, 0.15) is 0 Å². The summed E-state index contributed by atoms with van der Waals surface area (Å²) in [5, 5.41) is 12.9. The number of benzene rings is 2. The number of carbonyl (C=O) groups is 1. The lowest BCUT2D eigenvalue weighted by Gasteiger charge is -2.19. The summed E-state index contributed by atoms with van der Waals surface area (Å²) in [5.74, 6) is 0.238. The Bertz CT molecular complexity index is 1090. The van der Waals surface area contributed by atoms with Gasteiger partial charge >= 0.3 is 0 Å². The zero-order valence-corrected chi connectivity index (χ0v) is 15.7. The highest BCUT2D eigenvalue weighted by molar-refractivity contribution is 6.30. The quantitative estimate of drug-likeness (QED) is 0.453. The van der Waals surface area contributed by atoms with Gasteiger partial charge in [-0.15, -0.1) is 0 Å². The highest BCUT2D eigenvalue weighted by atomic mass is 35.5. The van der Waals surface area contributed by atoms with Crippen LogP contribution in [0.25, 0.3) is 11.0 Å². The molecule has 2 aromatic carbocycles. The number of aromatic nitrogens is 2. The maximum absolute atomic E-state index is 11.5. The Kier molecular flexibility index (Phi) is 5.14. The second-order valence-corrected chi connectivity index (χ2v) is 7.02. The minimum Gasteiger partial charge on any atom is -0.349 e. The molecule has 1 heterocycles. The van der Waals surface area contributed by atoms with Crippen LogP contribution in [0.2, 0.25) is 5.02 Å². The zero-order chi connectivity index (χ0) is 19.5. The summed E-state index contributed by atoms with van der Waals surface area (Å²) in [6, 6.07) is 15.7. The van der Waals surface area contributed by atoms with Crippen LogP contribution in [0.15, 0.2) is 72.3 Å². The third-order valence-corrected chi connectivity index (χ3v) is 4.90. The molecule has 6 nitrogen and oxygen atoms in total. The van der Waals surface area contributed by atoms with Gasteiger partial charge in [-0.2, -0.15) is 0 Å². The van der Waals surface area contributed by atoms with Crippen molar-refractivity contribution < 1.29 is 10.0 Å². The van der Waals surface area contributed by atoms with Gasteiger partial charge in [-0.1, -0.05) is 54.1 Å². The fraction of sp³-hybridized carbons (Fsp3) is 0.143. The number of hydrogen-bond donors (Lipinski definition) is 3. The number of para-hydroxylation sites is 2. The summed E-state index contributed by atoms with van der Waals surface area (Å²) >= 11 is 6.14. The van der Waals surface area contributed by atoms with E-state index in [4.69, 9.17) is 21.8 Å². The number of carbonyl (C=O) groups excluding carboxylic acids is 1. The second-order valence-electron chi connectivity index (χ2n) is 6.59. The van der Waals surface area contributed by atoms with E-state index in [0.29, 0.717) is 23.6 Å². The molecule has 1 amide bonds. The van der Waals surface area contributed by atoms with Crippen LogP contribution in [0.1, 0.15) is 12.0 Å². The van der Waals surface area contributed by atoms with Gasteiger partial charge in [-0.3, -0.25) is 10.0 Å². The molecular formula is C21H19ClN4O2. The maximum Gasteiger partial charge on any atom is 0.274 e. The van der Waals surface area contributed by atoms with E-state index in [1.165, 1.54) is 0 Å². The van der Waals surface area contributed by atoms with Crippen molar-refractivity contribution >= 4 is 34.5 Å². The van der Waals surface area contributed by atoms with E-state index < -0.39 is 5.91 Å². The van der Waals surface area contributed by atoms with E-state index in [-0.39, 0.29) is 6.04 Å². The molecule has 142 valence electrons. The lowest BCUT2D eigenvalue weighted by Crippen LogP contribution is -2.25. The van der Waals surface area contributed by atoms with Gasteiger partial charge in [0.25, 0.3) is 5.91 Å². The van der Waals surface area contributed by atoms with E-state index in [1.807, 2.05) is 54.6 Å². The van der Waals surface area contributed by atoms with Gasteiger partial charge in [0, 0.05) is 10.6 Å². The summed E-state index contributed by atoms with van der Waals surface area (Å²) in [4.78, 5) is 16.2. The molecule has 1 aliphatic carbocycles. The Morgan fingerprint density at radius 1 is 1.25 bits per heavy atom. The number of nitrogens with zero attached hydrogens (tertiary/aromatic N) is 2. The number of hydroxylamine groups is 1. The maximum atomic E-state index is 11.5. The van der Waals surface area contributed by atoms with Crippen molar-refractivity contribution in [1.29, 1.82) is 0 Å². The third-order valence-electron chi connectivity index (χ3n) is 4.66. The first-order valence-corrected chi connectivity index (χ1v) is 9.31. The first kappa shape index (κ1) is 18.3. The summed E-state index contributed by atoms with van der Waals surface area (Å²) in [6.07, 6.45) is 5.98. The van der Waals surface area contributed by atoms with E-state index in [0.717, 1.165) is 22.5 Å². The molecule has 0 saturated carbocycles. The molecule has 1 atom stereocenters. The molecule has 0 radical (unpaired) electrons. The van der Waals surface area contributed by atoms with Crippen molar-refractivity contribution in [2.45, 2.75) is 19.0 Å². The van der Waals surface area contributed by atoms with Gasteiger partial charge in [0.2, 0.25) is 5.95 Å². The summed E-state index contributed by atoms with van der Waals surface area (Å²) < 4.78 is 2.12. The molecule has 0 saturated heterocycles. The molecule has 28 heavy (non-hydrogen) atoms. The fourth-order valence-corrected chi connectivity index (χ4v) is 3.50. The molecule has 0 fully saturated rings. The van der Waals surface area contributed by atoms with Crippen LogP contribution < -0.4 is 10.8 Å². The SMILES string of the molecule is O=C(NO)C1=CCC(Nc2nc3ccccc3n2Cc2cccc(Cl)c2)C=C1. The number of nitrogens with one attached hydrogen (secondary N) is 2. The van der Waals surface area contributed by atoms with E-state index in [2.05, 4.69) is 9.88 Å². The Labute approximate surface area is 167 Å². The number of imidazole rings is 1. The van der Waals surface area contributed by atoms with Crippen molar-refractivity contribution in [1.82, 2.24) is 15.0 Å². The lowest BCUT2D eigenvalue weighted by atomic mass is 10.0. The normalized spacial score (nSPS) is 16.1. The average Bonchev–Trinajstić information content (AvgIpc) is 3.05. The topological polar surface area (TPSA) is 79.2 Å². The molecule has 3 aromatic rings. The Balaban J connectivity index is 1.62. The first-order valence-electron chi connectivity index (χ1n) is 8.93. The number of fused-ring (bicyclic) bond motifs is 1. The summed E-state index contributed by atoms with van der Waals surface area (Å²) in [5.41, 5.74) is 5.11. The van der Waals surface area contributed by atoms with Crippen LogP contribution in [0.5, 0.6) is 0 Å². The van der Waals surface area contributed by atoms with Gasteiger partial charge in [0.05, 0.1) is 23.6 Å². The molecule has 1 aliphatic rings. The number of halogens is 1. The minimum atomic E-state index is -0.511. The second kappa shape index (κ2) is 7.88. The van der Waals surface area contributed by atoms with E-state index >= 15 is 0 Å². The Morgan fingerprint density at radius 2 is 2.11 bits per heavy atom. The molecule has 7 heteroatoms. The van der Waals surface area contributed by atoms with Crippen LogP contribution in [0.4, 0.5) is 5.95 Å². The van der Waals surface area contributed by atoms with Crippen molar-refractivity contribution in [3.05, 3.63) is 82.9 Å². The third kappa shape index (κ3) is 3.78. The lowest BCUT2D eigenvalue weighted by molar-refractivity contribution is -0.124. The largest absolute Gasteiger partial charge is 0.349 e. The Hall–Kier alpha value is -3.09. The van der Waals surface area contributed by atoms with Crippen molar-refractivity contribution in [3.8, 4) is 0 Å². The molecule has 3 N–H and O–H groups in total. The number of rotatable bonds is 5. The number of hydrogen-bond acceptors (Lipinski definition) is 4. The van der Waals surface area contributed by atoms with Crippen LogP contribution in [-0.4, -0.2) is 26.7 Å². The van der Waals surface area contributed by atoms with Gasteiger partial charge in [0.15, 0.2) is 0 Å². The highest BCUT2D eigenvalue weighted by Crippen LogP contribution is 2.24. The molecule has 0 aliphatic heterocycles. The smallest absolute Gasteiger partial charge is 0.274 e. The van der Waals surface area contributed by atoms with E-state index in [1.54, 1.807) is 17.6 Å². The van der Waals surface area contributed by atoms with Gasteiger partial charge in [-0.05, 0) is 36.2 Å². The predicted molar refractivity (Wildman–Crippen MR) is 109 cm³/mol. The molecular weight excluding hydrogens is 376 g/mol. The van der Waals surface area contributed by atoms with Gasteiger partial charge in [-0.25, -0.2) is 10.5 Å². The first-order chi connectivity index (χ1) is 13.6. The van der Waals surface area contributed by atoms with Crippen LogP contribution in [0, 0.1) is 0 Å². The molecule has 1 unspecified atom stereocenters. The van der Waals surface area contributed by atoms with Crippen molar-refractivity contribution in [2.75, 3.05) is 5.32 Å². The molecule has 1 aromatic heterocycles. The minimum absolute atomic E-state index is 0.00911. The van der Waals surface area contributed by atoms with Crippen LogP contribution >= 0.6 is 11.6 Å². The summed E-state index contributed by atoms with van der Waals surface area (Å²) in [7, 11) is 0. The molecule has 0 bridgehead atoms. The fourth-order valence-electron chi connectivity index (χ4n) is 3.29. The Morgan fingerprint density at radius 3 is 2.86 bits per heavy atom. The van der Waals surface area contributed by atoms with E-state index in [9.17, 15) is 4.79 Å². The number of anilines is 1. The number of amides is 1. The van der Waals surface area contributed by atoms with Crippen molar-refractivity contribution in [3.63, 3.8) is 0 Å². The predicted octanol–water partition coefficient (Wildman–Crippen LogP) is 3.91.